The lowest BCUT2D eigenvalue weighted by Gasteiger charge is -2.07. The van der Waals surface area contributed by atoms with Crippen LogP contribution in [0, 0.1) is 10.1 Å². The molecule has 0 N–H and O–H groups in total. The zero-order valence-electron chi connectivity index (χ0n) is 10.7. The van der Waals surface area contributed by atoms with Crippen LogP contribution in [0.25, 0.3) is 0 Å². The van der Waals surface area contributed by atoms with Crippen molar-refractivity contribution in [3.8, 4) is 5.75 Å². The fourth-order valence-electron chi connectivity index (χ4n) is 1.94. The van der Waals surface area contributed by atoms with Gasteiger partial charge in [0.2, 0.25) is 8.69 Å². The second-order valence-electron chi connectivity index (χ2n) is 4.25. The summed E-state index contributed by atoms with van der Waals surface area (Å²) in [6.45, 7) is 0. The van der Waals surface area contributed by atoms with Gasteiger partial charge in [0, 0.05) is 12.1 Å². The van der Waals surface area contributed by atoms with Crippen molar-refractivity contribution in [2.45, 2.75) is 12.8 Å². The van der Waals surface area contributed by atoms with Gasteiger partial charge in [-0.15, -0.1) is 0 Å². The molecule has 0 bridgehead atoms. The lowest BCUT2D eigenvalue weighted by atomic mass is 10.0. The molecule has 0 aromatic heterocycles. The second kappa shape index (κ2) is 6.87. The number of benzene rings is 2. The zero-order chi connectivity index (χ0) is 14.4. The summed E-state index contributed by atoms with van der Waals surface area (Å²) in [5.74, 6) is 0.638. The highest BCUT2D eigenvalue weighted by Crippen LogP contribution is 2.23. The standard InChI is InChI=1S/C14H14NO4P/c16-15(17)13-9-6-11(7-10-13)5-8-12-3-1-2-4-14(12)19-20-18/h1-4,6-7,9-10H,5,8,20H2. The van der Waals surface area contributed by atoms with Gasteiger partial charge < -0.3 is 4.52 Å². The van der Waals surface area contributed by atoms with Gasteiger partial charge in [0.1, 0.15) is 5.75 Å². The predicted octanol–water partition coefficient (Wildman–Crippen LogP) is 3.43. The van der Waals surface area contributed by atoms with Gasteiger partial charge in [-0.3, -0.25) is 14.7 Å². The fraction of sp³-hybridized carbons (Fsp3) is 0.143. The number of hydrogen-bond donors (Lipinski definition) is 0. The normalized spacial score (nSPS) is 10.8. The largest absolute Gasteiger partial charge is 0.447 e. The van der Waals surface area contributed by atoms with Crippen molar-refractivity contribution in [1.82, 2.24) is 0 Å². The maximum absolute atomic E-state index is 10.6. The van der Waals surface area contributed by atoms with Gasteiger partial charge in [-0.1, -0.05) is 30.3 Å². The van der Waals surface area contributed by atoms with Gasteiger partial charge in [-0.05, 0) is 30.0 Å². The number of hydrogen-bond acceptors (Lipinski definition) is 4. The third kappa shape index (κ3) is 3.68. The van der Waals surface area contributed by atoms with Crippen LogP contribution in [0.2, 0.25) is 0 Å². The van der Waals surface area contributed by atoms with Gasteiger partial charge in [-0.25, -0.2) is 0 Å². The molecule has 5 nitrogen and oxygen atoms in total. The summed E-state index contributed by atoms with van der Waals surface area (Å²) in [5, 5.41) is 10.6. The Morgan fingerprint density at radius 1 is 1.05 bits per heavy atom. The Kier molecular flexibility index (Phi) is 4.91. The summed E-state index contributed by atoms with van der Waals surface area (Å²) in [5.41, 5.74) is 2.08. The van der Waals surface area contributed by atoms with Crippen molar-refractivity contribution in [2.75, 3.05) is 0 Å². The molecular formula is C14H14NO4P. The molecule has 0 saturated carbocycles. The molecule has 0 aliphatic carbocycles. The van der Waals surface area contributed by atoms with Crippen molar-refractivity contribution in [1.29, 1.82) is 0 Å². The zero-order valence-corrected chi connectivity index (χ0v) is 11.8. The van der Waals surface area contributed by atoms with Gasteiger partial charge in [0.05, 0.1) is 4.92 Å². The van der Waals surface area contributed by atoms with E-state index in [0.717, 1.165) is 24.0 Å². The number of nitrogens with zero attached hydrogens (tertiary/aromatic N) is 1. The first-order valence-corrected chi connectivity index (χ1v) is 7.06. The second-order valence-corrected chi connectivity index (χ2v) is 4.67. The van der Waals surface area contributed by atoms with Crippen LogP contribution in [0.5, 0.6) is 5.75 Å². The molecule has 6 heteroatoms. The molecule has 2 rings (SSSR count). The van der Waals surface area contributed by atoms with Crippen molar-refractivity contribution < 1.29 is 14.0 Å². The maximum Gasteiger partial charge on any atom is 0.269 e. The molecule has 0 aliphatic heterocycles. The van der Waals surface area contributed by atoms with E-state index in [9.17, 15) is 14.7 Å². The Hall–Kier alpha value is -2.13. The number of aryl methyl sites for hydroxylation is 2. The lowest BCUT2D eigenvalue weighted by molar-refractivity contribution is -0.384. The molecule has 0 radical (unpaired) electrons. The third-order valence-corrected chi connectivity index (χ3v) is 3.33. The summed E-state index contributed by atoms with van der Waals surface area (Å²) in [6, 6.07) is 13.9. The summed E-state index contributed by atoms with van der Waals surface area (Å²) in [6.07, 6.45) is 1.47. The molecule has 1 unspecified atom stereocenters. The van der Waals surface area contributed by atoms with Crippen LogP contribution >= 0.6 is 8.69 Å². The summed E-state index contributed by atoms with van der Waals surface area (Å²) in [7, 11) is -1.28. The predicted molar refractivity (Wildman–Crippen MR) is 78.0 cm³/mol. The molecule has 0 fully saturated rings. The number of nitro benzene ring substituents is 1. The van der Waals surface area contributed by atoms with E-state index in [4.69, 9.17) is 4.52 Å². The van der Waals surface area contributed by atoms with Gasteiger partial charge >= 0.3 is 0 Å². The van der Waals surface area contributed by atoms with E-state index in [1.807, 2.05) is 18.2 Å². The molecule has 0 saturated heterocycles. The Bertz CT molecular complexity index is 613. The highest BCUT2D eigenvalue weighted by molar-refractivity contribution is 7.17. The molecule has 2 aromatic rings. The topological polar surface area (TPSA) is 69.4 Å². The van der Waals surface area contributed by atoms with Crippen LogP contribution in [-0.2, 0) is 17.4 Å². The van der Waals surface area contributed by atoms with Crippen LogP contribution in [0.3, 0.4) is 0 Å². The van der Waals surface area contributed by atoms with E-state index in [1.165, 1.54) is 12.1 Å². The SMILES string of the molecule is O=[PH2]Oc1ccccc1CCc1ccc([N+](=O)[O-])cc1. The maximum atomic E-state index is 10.6. The van der Waals surface area contributed by atoms with Gasteiger partial charge in [0.25, 0.3) is 5.69 Å². The first-order valence-electron chi connectivity index (χ1n) is 6.12. The molecule has 0 amide bonds. The van der Waals surface area contributed by atoms with Crippen molar-refractivity contribution in [3.05, 3.63) is 69.8 Å². The van der Waals surface area contributed by atoms with E-state index >= 15 is 0 Å². The molecule has 0 spiro atoms. The lowest BCUT2D eigenvalue weighted by Crippen LogP contribution is -1.94. The average Bonchev–Trinajstić information content (AvgIpc) is 2.47. The summed E-state index contributed by atoms with van der Waals surface area (Å²) in [4.78, 5) is 10.2. The third-order valence-electron chi connectivity index (χ3n) is 2.98. The number of non-ortho nitro benzene ring substituents is 1. The number of rotatable bonds is 6. The van der Waals surface area contributed by atoms with Crippen LogP contribution in [-0.4, -0.2) is 4.92 Å². The Labute approximate surface area is 117 Å². The quantitative estimate of drug-likeness (QED) is 0.464. The minimum absolute atomic E-state index is 0.0902. The molecule has 0 aliphatic rings. The average molecular weight is 291 g/mol. The van der Waals surface area contributed by atoms with Crippen LogP contribution in [0.15, 0.2) is 48.5 Å². The number of nitro groups is 1. The Balaban J connectivity index is 2.05. The van der Waals surface area contributed by atoms with Gasteiger partial charge in [0.15, 0.2) is 0 Å². The van der Waals surface area contributed by atoms with Crippen LogP contribution in [0.1, 0.15) is 11.1 Å². The van der Waals surface area contributed by atoms with Crippen molar-refractivity contribution >= 4 is 14.4 Å². The summed E-state index contributed by atoms with van der Waals surface area (Å²) < 4.78 is 15.7. The summed E-state index contributed by atoms with van der Waals surface area (Å²) >= 11 is 0. The molecule has 104 valence electrons. The first kappa shape index (κ1) is 14.3. The highest BCUT2D eigenvalue weighted by atomic mass is 31.1. The molecule has 0 heterocycles. The minimum atomic E-state index is -1.28. The smallest absolute Gasteiger partial charge is 0.269 e. The first-order chi connectivity index (χ1) is 9.70. The van der Waals surface area contributed by atoms with E-state index in [2.05, 4.69) is 0 Å². The fourth-order valence-corrected chi connectivity index (χ4v) is 2.27. The highest BCUT2D eigenvalue weighted by Gasteiger charge is 2.06. The van der Waals surface area contributed by atoms with Crippen LogP contribution < -0.4 is 4.52 Å². The molecule has 1 atom stereocenters. The van der Waals surface area contributed by atoms with Crippen molar-refractivity contribution in [2.24, 2.45) is 0 Å². The van der Waals surface area contributed by atoms with Crippen LogP contribution in [0.4, 0.5) is 5.69 Å². The molecule has 2 aromatic carbocycles. The van der Waals surface area contributed by atoms with E-state index < -0.39 is 13.6 Å². The minimum Gasteiger partial charge on any atom is -0.447 e. The van der Waals surface area contributed by atoms with E-state index in [1.54, 1.807) is 18.2 Å². The number of para-hydroxylation sites is 1. The Morgan fingerprint density at radius 3 is 2.40 bits per heavy atom. The van der Waals surface area contributed by atoms with E-state index in [0.29, 0.717) is 5.75 Å². The van der Waals surface area contributed by atoms with Gasteiger partial charge in [-0.2, -0.15) is 0 Å². The Morgan fingerprint density at radius 2 is 1.75 bits per heavy atom. The van der Waals surface area contributed by atoms with Crippen molar-refractivity contribution in [3.63, 3.8) is 0 Å². The monoisotopic (exact) mass is 291 g/mol. The van der Waals surface area contributed by atoms with E-state index in [-0.39, 0.29) is 5.69 Å². The molecular weight excluding hydrogens is 277 g/mol. The molecule has 20 heavy (non-hydrogen) atoms.